The number of hydrogen-bond donors (Lipinski definition) is 0. The van der Waals surface area contributed by atoms with Gasteiger partial charge in [0.05, 0.1) is 29.6 Å². The Kier molecular flexibility index (Phi) is 8.04. The van der Waals surface area contributed by atoms with Gasteiger partial charge in [-0.05, 0) is 89.0 Å². The highest BCUT2D eigenvalue weighted by Crippen LogP contribution is 2.32. The first kappa shape index (κ1) is 21.9. The lowest BCUT2D eigenvalue weighted by atomic mass is 9.80. The maximum atomic E-state index is 12.3. The van der Waals surface area contributed by atoms with Gasteiger partial charge in [0.25, 0.3) is 0 Å². The van der Waals surface area contributed by atoms with Gasteiger partial charge in [0.15, 0.2) is 0 Å². The molecule has 1 aromatic carbocycles. The number of carbonyl (C=O) groups excluding carboxylic acids is 2. The van der Waals surface area contributed by atoms with Crippen molar-refractivity contribution in [3.05, 3.63) is 29.8 Å². The Hall–Kier alpha value is -2.35. The van der Waals surface area contributed by atoms with Crippen LogP contribution in [0, 0.1) is 28.6 Å². The molecule has 28 heavy (non-hydrogen) atoms. The standard InChI is InChI=1S/C23H31NO4/c1-4-23(2,3)22(26)27-15-5-6-17-7-11-19(12-8-17)21(25)28-20-13-9-18(16-24)10-14-20/h9-10,13-14,17,19H,4-8,11-12,15H2,1-3H3. The van der Waals surface area contributed by atoms with E-state index in [1.165, 1.54) is 0 Å². The molecular weight excluding hydrogens is 354 g/mol. The summed E-state index contributed by atoms with van der Waals surface area (Å²) in [5.41, 5.74) is 0.136. The van der Waals surface area contributed by atoms with E-state index in [1.807, 2.05) is 26.8 Å². The molecule has 0 aliphatic heterocycles. The molecule has 1 aliphatic carbocycles. The first-order valence-electron chi connectivity index (χ1n) is 10.2. The van der Waals surface area contributed by atoms with E-state index in [9.17, 15) is 9.59 Å². The van der Waals surface area contributed by atoms with Crippen LogP contribution in [0.1, 0.15) is 71.3 Å². The van der Waals surface area contributed by atoms with Gasteiger partial charge in [0.1, 0.15) is 5.75 Å². The van der Waals surface area contributed by atoms with Gasteiger partial charge in [-0.2, -0.15) is 5.26 Å². The summed E-state index contributed by atoms with van der Waals surface area (Å²) in [4.78, 5) is 24.3. The second-order valence-corrected chi connectivity index (χ2v) is 8.29. The van der Waals surface area contributed by atoms with Crippen molar-refractivity contribution in [1.29, 1.82) is 5.26 Å². The maximum absolute atomic E-state index is 12.3. The van der Waals surface area contributed by atoms with Gasteiger partial charge < -0.3 is 9.47 Å². The summed E-state index contributed by atoms with van der Waals surface area (Å²) < 4.78 is 10.8. The molecule has 0 aromatic heterocycles. The molecule has 0 spiro atoms. The van der Waals surface area contributed by atoms with E-state index in [4.69, 9.17) is 14.7 Å². The zero-order valence-corrected chi connectivity index (χ0v) is 17.2. The first-order valence-corrected chi connectivity index (χ1v) is 10.2. The van der Waals surface area contributed by atoms with Gasteiger partial charge in [-0.25, -0.2) is 0 Å². The van der Waals surface area contributed by atoms with Gasteiger partial charge in [-0.3, -0.25) is 9.59 Å². The van der Waals surface area contributed by atoms with Crippen molar-refractivity contribution in [2.24, 2.45) is 17.3 Å². The normalized spacial score (nSPS) is 19.5. The summed E-state index contributed by atoms with van der Waals surface area (Å²) in [5.74, 6) is 0.706. The topological polar surface area (TPSA) is 76.4 Å². The number of nitriles is 1. The Morgan fingerprint density at radius 2 is 1.79 bits per heavy atom. The number of hydrogen-bond acceptors (Lipinski definition) is 5. The second kappa shape index (κ2) is 10.3. The number of nitrogens with zero attached hydrogens (tertiary/aromatic N) is 1. The average Bonchev–Trinajstić information content (AvgIpc) is 2.72. The molecule has 0 amide bonds. The SMILES string of the molecule is CCC(C)(C)C(=O)OCCCC1CCC(C(=O)Oc2ccc(C#N)cc2)CC1. The van der Waals surface area contributed by atoms with Gasteiger partial charge in [0.2, 0.25) is 0 Å². The molecule has 0 unspecified atom stereocenters. The molecule has 1 saturated carbocycles. The molecule has 5 heteroatoms. The smallest absolute Gasteiger partial charge is 0.314 e. The Morgan fingerprint density at radius 1 is 1.14 bits per heavy atom. The fourth-order valence-electron chi connectivity index (χ4n) is 3.36. The molecule has 0 radical (unpaired) electrons. The molecule has 152 valence electrons. The monoisotopic (exact) mass is 385 g/mol. The van der Waals surface area contributed by atoms with Crippen LogP contribution < -0.4 is 4.74 Å². The highest BCUT2D eigenvalue weighted by molar-refractivity contribution is 5.76. The molecule has 0 bridgehead atoms. The van der Waals surface area contributed by atoms with E-state index >= 15 is 0 Å². The van der Waals surface area contributed by atoms with Crippen molar-refractivity contribution in [2.45, 2.75) is 65.7 Å². The lowest BCUT2D eigenvalue weighted by molar-refractivity contribution is -0.154. The van der Waals surface area contributed by atoms with E-state index in [-0.39, 0.29) is 17.9 Å². The molecule has 1 aliphatic rings. The van der Waals surface area contributed by atoms with Gasteiger partial charge >= 0.3 is 11.9 Å². The second-order valence-electron chi connectivity index (χ2n) is 8.29. The number of carbonyl (C=O) groups is 2. The van der Waals surface area contributed by atoms with Crippen molar-refractivity contribution in [2.75, 3.05) is 6.61 Å². The Balaban J connectivity index is 1.66. The van der Waals surface area contributed by atoms with E-state index in [0.29, 0.717) is 23.8 Å². The van der Waals surface area contributed by atoms with Gasteiger partial charge in [-0.1, -0.05) is 6.92 Å². The molecule has 0 heterocycles. The van der Waals surface area contributed by atoms with Crippen LogP contribution in [0.5, 0.6) is 5.75 Å². The number of benzene rings is 1. The quantitative estimate of drug-likeness (QED) is 0.356. The first-order chi connectivity index (χ1) is 13.4. The molecule has 0 atom stereocenters. The average molecular weight is 386 g/mol. The number of rotatable bonds is 8. The van der Waals surface area contributed by atoms with Crippen LogP contribution in [0.25, 0.3) is 0 Å². The van der Waals surface area contributed by atoms with Crippen LogP contribution in [0.3, 0.4) is 0 Å². The number of esters is 2. The molecule has 5 nitrogen and oxygen atoms in total. The summed E-state index contributed by atoms with van der Waals surface area (Å²) in [6, 6.07) is 8.65. The summed E-state index contributed by atoms with van der Waals surface area (Å²) in [7, 11) is 0. The fraction of sp³-hybridized carbons (Fsp3) is 0.609. The largest absolute Gasteiger partial charge is 0.465 e. The van der Waals surface area contributed by atoms with Crippen LogP contribution in [0.4, 0.5) is 0 Å². The minimum atomic E-state index is -0.409. The minimum Gasteiger partial charge on any atom is -0.465 e. The third-order valence-electron chi connectivity index (χ3n) is 5.81. The van der Waals surface area contributed by atoms with Crippen LogP contribution in [0.15, 0.2) is 24.3 Å². The van der Waals surface area contributed by atoms with Crippen molar-refractivity contribution in [1.82, 2.24) is 0 Å². The lowest BCUT2D eigenvalue weighted by Gasteiger charge is -2.27. The molecule has 0 N–H and O–H groups in total. The maximum Gasteiger partial charge on any atom is 0.314 e. The van der Waals surface area contributed by atoms with E-state index in [0.717, 1.165) is 44.9 Å². The van der Waals surface area contributed by atoms with E-state index in [2.05, 4.69) is 0 Å². The van der Waals surface area contributed by atoms with Crippen LogP contribution in [-0.4, -0.2) is 18.5 Å². The highest BCUT2D eigenvalue weighted by Gasteiger charge is 2.29. The van der Waals surface area contributed by atoms with Crippen LogP contribution in [0.2, 0.25) is 0 Å². The van der Waals surface area contributed by atoms with Gasteiger partial charge in [0, 0.05) is 0 Å². The molecular formula is C23H31NO4. The third kappa shape index (κ3) is 6.37. The number of ether oxygens (including phenoxy) is 2. The predicted molar refractivity (Wildman–Crippen MR) is 107 cm³/mol. The zero-order chi connectivity index (χ0) is 20.6. The summed E-state index contributed by atoms with van der Waals surface area (Å²) in [5, 5.41) is 8.81. The lowest BCUT2D eigenvalue weighted by Crippen LogP contribution is -2.27. The third-order valence-corrected chi connectivity index (χ3v) is 5.81. The van der Waals surface area contributed by atoms with Gasteiger partial charge in [-0.15, -0.1) is 0 Å². The Labute approximate surface area is 168 Å². The van der Waals surface area contributed by atoms with Crippen LogP contribution in [-0.2, 0) is 14.3 Å². The molecule has 1 aromatic rings. The van der Waals surface area contributed by atoms with E-state index < -0.39 is 5.41 Å². The van der Waals surface area contributed by atoms with Crippen LogP contribution >= 0.6 is 0 Å². The predicted octanol–water partition coefficient (Wildman–Crippen LogP) is 5.03. The highest BCUT2D eigenvalue weighted by atomic mass is 16.5. The Bertz CT molecular complexity index is 694. The van der Waals surface area contributed by atoms with Crippen molar-refractivity contribution in [3.8, 4) is 11.8 Å². The van der Waals surface area contributed by atoms with Crippen molar-refractivity contribution >= 4 is 11.9 Å². The summed E-state index contributed by atoms with van der Waals surface area (Å²) in [6.45, 7) is 6.29. The molecule has 0 saturated heterocycles. The van der Waals surface area contributed by atoms with Crippen molar-refractivity contribution in [3.63, 3.8) is 0 Å². The fourth-order valence-corrected chi connectivity index (χ4v) is 3.36. The molecule has 1 fully saturated rings. The zero-order valence-electron chi connectivity index (χ0n) is 17.2. The molecule has 2 rings (SSSR count). The van der Waals surface area contributed by atoms with Crippen molar-refractivity contribution < 1.29 is 19.1 Å². The minimum absolute atomic E-state index is 0.0601. The van der Waals surface area contributed by atoms with E-state index in [1.54, 1.807) is 24.3 Å². The summed E-state index contributed by atoms with van der Waals surface area (Å²) in [6.07, 6.45) is 6.34. The Morgan fingerprint density at radius 3 is 2.36 bits per heavy atom. The summed E-state index contributed by atoms with van der Waals surface area (Å²) >= 11 is 0.